The van der Waals surface area contributed by atoms with Crippen molar-refractivity contribution in [3.8, 4) is 0 Å². The third-order valence-electron chi connectivity index (χ3n) is 2.27. The van der Waals surface area contributed by atoms with Gasteiger partial charge in [0.2, 0.25) is 0 Å². The summed E-state index contributed by atoms with van der Waals surface area (Å²) in [6.07, 6.45) is 3.10. The number of hydrogen-bond donors (Lipinski definition) is 1. The van der Waals surface area contributed by atoms with Crippen LogP contribution in [0.15, 0.2) is 30.0 Å². The Morgan fingerprint density at radius 1 is 1.47 bits per heavy atom. The van der Waals surface area contributed by atoms with Crippen molar-refractivity contribution in [3.05, 3.63) is 46.4 Å². The van der Waals surface area contributed by atoms with Crippen molar-refractivity contribution in [1.82, 2.24) is 5.32 Å². The molecule has 2 rings (SSSR count). The molecule has 0 aromatic heterocycles. The molecule has 0 fully saturated rings. The van der Waals surface area contributed by atoms with Gasteiger partial charge in [-0.25, -0.2) is 4.39 Å². The number of thiocarbonyl (C=S) groups is 1. The van der Waals surface area contributed by atoms with E-state index < -0.39 is 0 Å². The number of hydrogen-bond acceptors (Lipinski definition) is 1. The molecule has 0 saturated carbocycles. The number of halogens is 2. The summed E-state index contributed by atoms with van der Waals surface area (Å²) in [7, 11) is 0. The molecule has 0 radical (unpaired) electrons. The Bertz CT molecular complexity index is 442. The van der Waals surface area contributed by atoms with E-state index in [1.165, 1.54) is 0 Å². The van der Waals surface area contributed by atoms with Gasteiger partial charge in [0, 0.05) is 12.6 Å². The zero-order chi connectivity index (χ0) is 10.8. The topological polar surface area (TPSA) is 12.0 Å². The van der Waals surface area contributed by atoms with Gasteiger partial charge in [-0.3, -0.25) is 0 Å². The molecule has 1 aliphatic heterocycles. The van der Waals surface area contributed by atoms with Gasteiger partial charge in [-0.1, -0.05) is 36.0 Å². The molecule has 4 heteroatoms. The minimum Gasteiger partial charge on any atom is -0.356 e. The lowest BCUT2D eigenvalue weighted by molar-refractivity contribution is 0.613. The minimum atomic E-state index is -0.335. The molecule has 1 aliphatic rings. The van der Waals surface area contributed by atoms with Gasteiger partial charge < -0.3 is 5.32 Å². The first-order chi connectivity index (χ1) is 7.16. The van der Waals surface area contributed by atoms with E-state index in [0.29, 0.717) is 18.4 Å². The van der Waals surface area contributed by atoms with Gasteiger partial charge in [0.25, 0.3) is 0 Å². The fraction of sp³-hybridized carbons (Fsp3) is 0.182. The van der Waals surface area contributed by atoms with E-state index >= 15 is 0 Å². The molecule has 0 atom stereocenters. The summed E-state index contributed by atoms with van der Waals surface area (Å²) in [4.78, 5) is 0.785. The molecular formula is C11H9ClFNS. The molecule has 1 aromatic rings. The van der Waals surface area contributed by atoms with E-state index in [1.807, 2.05) is 6.20 Å². The maximum atomic E-state index is 13.5. The second kappa shape index (κ2) is 4.29. The first-order valence-electron chi connectivity index (χ1n) is 4.57. The van der Waals surface area contributed by atoms with Gasteiger partial charge in [0.05, 0.1) is 10.0 Å². The van der Waals surface area contributed by atoms with Crippen molar-refractivity contribution in [2.24, 2.45) is 0 Å². The molecule has 1 heterocycles. The number of nitrogens with one attached hydrogen (secondary N) is 1. The molecule has 0 saturated heterocycles. The molecular weight excluding hydrogens is 233 g/mol. The van der Waals surface area contributed by atoms with Gasteiger partial charge in [0.1, 0.15) is 5.82 Å². The highest BCUT2D eigenvalue weighted by Gasteiger charge is 2.13. The quantitative estimate of drug-likeness (QED) is 0.798. The van der Waals surface area contributed by atoms with E-state index in [9.17, 15) is 4.39 Å². The van der Waals surface area contributed by atoms with Crippen molar-refractivity contribution >= 4 is 28.8 Å². The van der Waals surface area contributed by atoms with E-state index in [1.54, 1.807) is 18.2 Å². The highest BCUT2D eigenvalue weighted by molar-refractivity contribution is 7.80. The summed E-state index contributed by atoms with van der Waals surface area (Å²) in [5.41, 5.74) is 1.70. The van der Waals surface area contributed by atoms with Crippen LogP contribution in [0.2, 0.25) is 5.02 Å². The van der Waals surface area contributed by atoms with Crippen molar-refractivity contribution in [2.75, 3.05) is 0 Å². The zero-order valence-electron chi connectivity index (χ0n) is 7.89. The first-order valence-corrected chi connectivity index (χ1v) is 5.35. The Kier molecular flexibility index (Phi) is 3.03. The van der Waals surface area contributed by atoms with Crippen LogP contribution in [0.3, 0.4) is 0 Å². The predicted molar refractivity (Wildman–Crippen MR) is 63.5 cm³/mol. The highest BCUT2D eigenvalue weighted by Crippen LogP contribution is 2.22. The Hall–Kier alpha value is -0.930. The summed E-state index contributed by atoms with van der Waals surface area (Å²) in [6, 6.07) is 5.04. The van der Waals surface area contributed by atoms with Crippen LogP contribution in [-0.4, -0.2) is 4.99 Å². The van der Waals surface area contributed by atoms with Crippen LogP contribution in [0.4, 0.5) is 4.39 Å². The molecule has 0 spiro atoms. The molecule has 0 aliphatic carbocycles. The summed E-state index contributed by atoms with van der Waals surface area (Å²) in [5.74, 6) is -0.335. The Morgan fingerprint density at radius 3 is 2.93 bits per heavy atom. The summed E-state index contributed by atoms with van der Waals surface area (Å²) < 4.78 is 13.5. The smallest absolute Gasteiger partial charge is 0.145 e. The minimum absolute atomic E-state index is 0.168. The number of rotatable bonds is 2. The van der Waals surface area contributed by atoms with Crippen molar-refractivity contribution < 1.29 is 4.39 Å². The normalized spacial score (nSPS) is 15.1. The highest BCUT2D eigenvalue weighted by atomic mass is 35.5. The van der Waals surface area contributed by atoms with Gasteiger partial charge >= 0.3 is 0 Å². The largest absolute Gasteiger partial charge is 0.356 e. The molecule has 0 bridgehead atoms. The predicted octanol–water partition coefficient (Wildman–Crippen LogP) is 3.23. The molecule has 0 unspecified atom stereocenters. The Balaban J connectivity index is 2.18. The van der Waals surface area contributed by atoms with Crippen LogP contribution >= 0.6 is 23.8 Å². The molecule has 1 N–H and O–H groups in total. The molecule has 78 valence electrons. The third kappa shape index (κ3) is 2.36. The SMILES string of the molecule is Fc1c(Cl)cccc1CC1=CNC(=S)C1. The van der Waals surface area contributed by atoms with Crippen molar-refractivity contribution in [3.63, 3.8) is 0 Å². The summed E-state index contributed by atoms with van der Waals surface area (Å²) in [5, 5.41) is 3.11. The van der Waals surface area contributed by atoms with Crippen LogP contribution in [-0.2, 0) is 6.42 Å². The average Bonchev–Trinajstić information content (AvgIpc) is 2.59. The van der Waals surface area contributed by atoms with Crippen molar-refractivity contribution in [1.29, 1.82) is 0 Å². The fourth-order valence-corrected chi connectivity index (χ4v) is 1.97. The van der Waals surface area contributed by atoms with E-state index in [-0.39, 0.29) is 10.8 Å². The van der Waals surface area contributed by atoms with Crippen LogP contribution in [0.1, 0.15) is 12.0 Å². The van der Waals surface area contributed by atoms with E-state index in [0.717, 1.165) is 10.6 Å². The zero-order valence-corrected chi connectivity index (χ0v) is 9.46. The van der Waals surface area contributed by atoms with Crippen molar-refractivity contribution in [2.45, 2.75) is 12.8 Å². The molecule has 0 amide bonds. The lowest BCUT2D eigenvalue weighted by Crippen LogP contribution is -2.05. The molecule has 15 heavy (non-hydrogen) atoms. The Morgan fingerprint density at radius 2 is 2.27 bits per heavy atom. The van der Waals surface area contributed by atoms with Gasteiger partial charge in [-0.05, 0) is 23.6 Å². The number of benzene rings is 1. The Labute approximate surface area is 97.9 Å². The summed E-state index contributed by atoms with van der Waals surface area (Å²) >= 11 is 10.7. The van der Waals surface area contributed by atoms with Gasteiger partial charge in [0.15, 0.2) is 0 Å². The van der Waals surface area contributed by atoms with Crippen LogP contribution in [0, 0.1) is 5.82 Å². The maximum Gasteiger partial charge on any atom is 0.145 e. The lowest BCUT2D eigenvalue weighted by Gasteiger charge is -2.04. The standard InChI is InChI=1S/C11H9ClFNS/c12-9-3-1-2-8(11(9)13)4-7-5-10(15)14-6-7/h1-3,6H,4-5H2,(H,14,15). The van der Waals surface area contributed by atoms with E-state index in [4.69, 9.17) is 23.8 Å². The molecule has 1 nitrogen and oxygen atoms in total. The lowest BCUT2D eigenvalue weighted by atomic mass is 10.0. The van der Waals surface area contributed by atoms with Gasteiger partial charge in [-0.2, -0.15) is 0 Å². The second-order valence-corrected chi connectivity index (χ2v) is 4.34. The van der Waals surface area contributed by atoms with E-state index in [2.05, 4.69) is 5.32 Å². The van der Waals surface area contributed by atoms with Crippen LogP contribution < -0.4 is 5.32 Å². The third-order valence-corrected chi connectivity index (χ3v) is 2.83. The first kappa shape index (κ1) is 10.6. The molecule has 1 aromatic carbocycles. The average molecular weight is 242 g/mol. The maximum absolute atomic E-state index is 13.5. The van der Waals surface area contributed by atoms with Crippen LogP contribution in [0.25, 0.3) is 0 Å². The van der Waals surface area contributed by atoms with Crippen LogP contribution in [0.5, 0.6) is 0 Å². The van der Waals surface area contributed by atoms with Gasteiger partial charge in [-0.15, -0.1) is 0 Å². The summed E-state index contributed by atoms with van der Waals surface area (Å²) in [6.45, 7) is 0. The second-order valence-electron chi connectivity index (χ2n) is 3.44. The fourth-order valence-electron chi connectivity index (χ4n) is 1.53. The monoisotopic (exact) mass is 241 g/mol.